The SMILES string of the molecule is CCc1cc(CC)c(Cn2ccnc2C)c(CC)c1C#[N+]O. The van der Waals surface area contributed by atoms with E-state index in [1.165, 1.54) is 22.3 Å². The van der Waals surface area contributed by atoms with E-state index < -0.39 is 0 Å². The molecule has 0 bridgehead atoms. The number of imidazole rings is 1. The van der Waals surface area contributed by atoms with Crippen molar-refractivity contribution in [3.05, 3.63) is 57.1 Å². The van der Waals surface area contributed by atoms with Crippen LogP contribution < -0.4 is 0 Å². The molecule has 0 amide bonds. The van der Waals surface area contributed by atoms with Gasteiger partial charge in [0.2, 0.25) is 5.01 Å². The van der Waals surface area contributed by atoms with Crippen LogP contribution >= 0.6 is 0 Å². The van der Waals surface area contributed by atoms with E-state index in [9.17, 15) is 0 Å². The summed E-state index contributed by atoms with van der Waals surface area (Å²) in [6.45, 7) is 9.25. The fourth-order valence-corrected chi connectivity index (χ4v) is 3.02. The number of aromatic nitrogens is 2. The molecule has 2 rings (SSSR count). The number of hydrogen-bond acceptors (Lipinski definition) is 2. The third kappa shape index (κ3) is 2.99. The number of rotatable bonds is 5. The summed E-state index contributed by atoms with van der Waals surface area (Å²) in [5.41, 5.74) is 6.01. The Labute approximate surface area is 132 Å². The predicted molar refractivity (Wildman–Crippen MR) is 88.8 cm³/mol. The smallest absolute Gasteiger partial charge is 0.331 e. The maximum absolute atomic E-state index is 8.98. The second-order valence-corrected chi connectivity index (χ2v) is 5.40. The first-order valence-corrected chi connectivity index (χ1v) is 7.90. The topological polar surface area (TPSA) is 42.4 Å². The van der Waals surface area contributed by atoms with Crippen molar-refractivity contribution in [2.75, 3.05) is 0 Å². The molecule has 0 unspecified atom stereocenters. The molecule has 4 nitrogen and oxygen atoms in total. The number of nitrogens with zero attached hydrogens (tertiary/aromatic N) is 3. The lowest BCUT2D eigenvalue weighted by atomic mass is 9.88. The zero-order chi connectivity index (χ0) is 16.1. The number of hydrogen-bond donors (Lipinski definition) is 1. The van der Waals surface area contributed by atoms with Crippen molar-refractivity contribution in [1.29, 1.82) is 0 Å². The molecule has 0 saturated heterocycles. The highest BCUT2D eigenvalue weighted by molar-refractivity contribution is 5.53. The first kappa shape index (κ1) is 16.1. The van der Waals surface area contributed by atoms with Gasteiger partial charge in [0.15, 0.2) is 0 Å². The van der Waals surface area contributed by atoms with E-state index in [0.717, 1.165) is 37.2 Å². The van der Waals surface area contributed by atoms with Crippen molar-refractivity contribution in [1.82, 2.24) is 9.55 Å². The van der Waals surface area contributed by atoms with Crippen LogP contribution in [0.15, 0.2) is 18.5 Å². The van der Waals surface area contributed by atoms with Gasteiger partial charge in [-0.2, -0.15) is 5.21 Å². The van der Waals surface area contributed by atoms with Gasteiger partial charge in [-0.05, 0) is 48.4 Å². The van der Waals surface area contributed by atoms with Crippen molar-refractivity contribution in [3.63, 3.8) is 0 Å². The second-order valence-electron chi connectivity index (χ2n) is 5.40. The summed E-state index contributed by atoms with van der Waals surface area (Å²) < 4.78 is 2.15. The Balaban J connectivity index is 2.66. The van der Waals surface area contributed by atoms with E-state index in [0.29, 0.717) is 0 Å². The molecular weight excluding hydrogens is 274 g/mol. The van der Waals surface area contributed by atoms with Gasteiger partial charge in [-0.15, -0.1) is 0 Å². The quantitative estimate of drug-likeness (QED) is 0.848. The van der Waals surface area contributed by atoms with Crippen molar-refractivity contribution >= 4 is 0 Å². The maximum atomic E-state index is 8.98. The monoisotopic (exact) mass is 298 g/mol. The lowest BCUT2D eigenvalue weighted by Crippen LogP contribution is -2.10. The molecule has 0 saturated carbocycles. The molecule has 1 aromatic carbocycles. The summed E-state index contributed by atoms with van der Waals surface area (Å²) in [5, 5.41) is 12.1. The van der Waals surface area contributed by atoms with Crippen LogP contribution in [0.25, 0.3) is 5.01 Å². The molecule has 1 heterocycles. The standard InChI is InChI=1S/C18H23N3O/c1-5-14-10-15(6-2)18(12-21-9-8-19-13(21)4)16(7-3)17(14)11-20-22/h8-10H,5-7,12H2,1-4H3/p+1. The molecule has 2 aromatic rings. The van der Waals surface area contributed by atoms with Crippen LogP contribution in [0, 0.1) is 13.0 Å². The van der Waals surface area contributed by atoms with E-state index in [4.69, 9.17) is 5.21 Å². The second kappa shape index (κ2) is 7.13. The highest BCUT2D eigenvalue weighted by Crippen LogP contribution is 2.26. The molecule has 22 heavy (non-hydrogen) atoms. The van der Waals surface area contributed by atoms with Crippen LogP contribution in [0.4, 0.5) is 0 Å². The Bertz CT molecular complexity index is 720. The van der Waals surface area contributed by atoms with Gasteiger partial charge in [0.25, 0.3) is 0 Å². The normalized spacial score (nSPS) is 10.4. The molecule has 0 aliphatic rings. The number of aryl methyl sites for hydroxylation is 3. The molecule has 0 atom stereocenters. The summed E-state index contributed by atoms with van der Waals surface area (Å²) in [6.07, 6.45) is 6.62. The van der Waals surface area contributed by atoms with Gasteiger partial charge in [-0.25, -0.2) is 4.98 Å². The summed E-state index contributed by atoms with van der Waals surface area (Å²) in [7, 11) is 0. The molecule has 4 heteroatoms. The third-order valence-electron chi connectivity index (χ3n) is 4.25. The van der Waals surface area contributed by atoms with Gasteiger partial charge in [-0.3, -0.25) is 0 Å². The first-order chi connectivity index (χ1) is 10.7. The minimum atomic E-state index is 0.794. The average Bonchev–Trinajstić information content (AvgIpc) is 2.93. The van der Waals surface area contributed by atoms with Gasteiger partial charge >= 0.3 is 6.07 Å². The summed E-state index contributed by atoms with van der Waals surface area (Å²) in [6, 6.07) is 5.02. The molecular formula is C18H24N3O+. The summed E-state index contributed by atoms with van der Waals surface area (Å²) in [5.74, 6) is 1.00. The molecule has 1 aromatic heterocycles. The predicted octanol–water partition coefficient (Wildman–Crippen LogP) is 4.00. The molecule has 0 aliphatic heterocycles. The largest absolute Gasteiger partial charge is 0.388 e. The Morgan fingerprint density at radius 1 is 1.14 bits per heavy atom. The fourth-order valence-electron chi connectivity index (χ4n) is 3.02. The molecule has 1 N–H and O–H groups in total. The van der Waals surface area contributed by atoms with Crippen LogP contribution in [0.2, 0.25) is 0 Å². The van der Waals surface area contributed by atoms with E-state index in [1.54, 1.807) is 0 Å². The lowest BCUT2D eigenvalue weighted by molar-refractivity contribution is 0.465. The highest BCUT2D eigenvalue weighted by atomic mass is 16.4. The van der Waals surface area contributed by atoms with Crippen LogP contribution in [-0.4, -0.2) is 14.8 Å². The van der Waals surface area contributed by atoms with Gasteiger partial charge in [0, 0.05) is 18.9 Å². The van der Waals surface area contributed by atoms with Crippen molar-refractivity contribution in [3.8, 4) is 6.07 Å². The van der Waals surface area contributed by atoms with Crippen LogP contribution in [-0.2, 0) is 25.8 Å². The van der Waals surface area contributed by atoms with Gasteiger partial charge < -0.3 is 4.57 Å². The van der Waals surface area contributed by atoms with Crippen molar-refractivity contribution in [2.24, 2.45) is 0 Å². The Morgan fingerprint density at radius 2 is 1.86 bits per heavy atom. The van der Waals surface area contributed by atoms with Crippen molar-refractivity contribution in [2.45, 2.75) is 53.5 Å². The molecule has 0 spiro atoms. The lowest BCUT2D eigenvalue weighted by Gasteiger charge is -2.18. The first-order valence-electron chi connectivity index (χ1n) is 7.90. The maximum Gasteiger partial charge on any atom is 0.388 e. The van der Waals surface area contributed by atoms with Crippen LogP contribution in [0.3, 0.4) is 0 Å². The van der Waals surface area contributed by atoms with Crippen LogP contribution in [0.1, 0.15) is 54.4 Å². The fraction of sp³-hybridized carbons (Fsp3) is 0.444. The van der Waals surface area contributed by atoms with E-state index in [1.807, 2.05) is 19.3 Å². The van der Waals surface area contributed by atoms with E-state index in [-0.39, 0.29) is 0 Å². The summed E-state index contributed by atoms with van der Waals surface area (Å²) in [4.78, 5) is 4.31. The molecule has 0 radical (unpaired) electrons. The van der Waals surface area contributed by atoms with Crippen molar-refractivity contribution < 1.29 is 5.21 Å². The van der Waals surface area contributed by atoms with Crippen LogP contribution in [0.5, 0.6) is 0 Å². The Morgan fingerprint density at radius 3 is 2.36 bits per heavy atom. The Hall–Kier alpha value is -2.28. The zero-order valence-corrected chi connectivity index (χ0v) is 13.8. The van der Waals surface area contributed by atoms with Gasteiger partial charge in [-0.1, -0.05) is 26.8 Å². The number of benzene rings is 1. The van der Waals surface area contributed by atoms with Gasteiger partial charge in [0.05, 0.1) is 0 Å². The highest BCUT2D eigenvalue weighted by Gasteiger charge is 2.18. The average molecular weight is 298 g/mol. The van der Waals surface area contributed by atoms with Gasteiger partial charge in [0.1, 0.15) is 11.4 Å². The summed E-state index contributed by atoms with van der Waals surface area (Å²) >= 11 is 0. The third-order valence-corrected chi connectivity index (χ3v) is 4.25. The van der Waals surface area contributed by atoms with E-state index in [2.05, 4.69) is 47.5 Å². The minimum absolute atomic E-state index is 0.794. The Kier molecular flexibility index (Phi) is 5.21. The molecule has 116 valence electrons. The molecule has 0 aliphatic carbocycles. The zero-order valence-electron chi connectivity index (χ0n) is 13.8. The minimum Gasteiger partial charge on any atom is -0.331 e. The van der Waals surface area contributed by atoms with E-state index >= 15 is 0 Å². The molecule has 0 fully saturated rings.